The molecule has 0 spiro atoms. The van der Waals surface area contributed by atoms with Gasteiger partial charge in [0.15, 0.2) is 5.69 Å². The van der Waals surface area contributed by atoms with Gasteiger partial charge in [0.25, 0.3) is 5.91 Å². The molecule has 3 aromatic rings. The van der Waals surface area contributed by atoms with E-state index in [2.05, 4.69) is 30.4 Å². The molecule has 4 heterocycles. The average molecular weight is 375 g/mol. The highest BCUT2D eigenvalue weighted by Gasteiger charge is 2.23. The summed E-state index contributed by atoms with van der Waals surface area (Å²) in [5.41, 5.74) is 1.41. The van der Waals surface area contributed by atoms with E-state index in [-0.39, 0.29) is 5.91 Å². The molecule has 1 fully saturated rings. The van der Waals surface area contributed by atoms with Gasteiger partial charge in [-0.15, -0.1) is 10.2 Å². The first-order valence-corrected chi connectivity index (χ1v) is 9.21. The Balaban J connectivity index is 1.31. The predicted octanol–water partition coefficient (Wildman–Crippen LogP) is 1.84. The van der Waals surface area contributed by atoms with Crippen LogP contribution in [0.15, 0.2) is 61.1 Å². The number of aromatic nitrogens is 4. The first-order chi connectivity index (χ1) is 13.8. The van der Waals surface area contributed by atoms with Crippen LogP contribution in [0, 0.1) is 0 Å². The fourth-order valence-electron chi connectivity index (χ4n) is 3.08. The maximum absolute atomic E-state index is 12.7. The van der Waals surface area contributed by atoms with E-state index in [1.54, 1.807) is 30.7 Å². The molecule has 1 N–H and O–H groups in total. The third-order valence-corrected chi connectivity index (χ3v) is 4.62. The van der Waals surface area contributed by atoms with Crippen molar-refractivity contribution in [3.8, 4) is 0 Å². The Kier molecular flexibility index (Phi) is 5.37. The van der Waals surface area contributed by atoms with Crippen LogP contribution in [0.1, 0.15) is 16.1 Å². The smallest absolute Gasteiger partial charge is 0.274 e. The summed E-state index contributed by atoms with van der Waals surface area (Å²) in [7, 11) is 0. The number of carbonyl (C=O) groups excluding carboxylic acids is 1. The molecule has 0 saturated carbocycles. The molecule has 0 unspecified atom stereocenters. The molecule has 1 aliphatic heterocycles. The molecule has 142 valence electrons. The highest BCUT2D eigenvalue weighted by Crippen LogP contribution is 2.14. The maximum Gasteiger partial charge on any atom is 0.274 e. The van der Waals surface area contributed by atoms with Gasteiger partial charge < -0.3 is 15.1 Å². The summed E-state index contributed by atoms with van der Waals surface area (Å²) in [6.07, 6.45) is 5.31. The van der Waals surface area contributed by atoms with Crippen LogP contribution in [0.3, 0.4) is 0 Å². The van der Waals surface area contributed by atoms with Crippen LogP contribution in [-0.4, -0.2) is 57.2 Å². The summed E-state index contributed by atoms with van der Waals surface area (Å²) in [4.78, 5) is 25.1. The second-order valence-electron chi connectivity index (χ2n) is 6.49. The van der Waals surface area contributed by atoms with Crippen LogP contribution < -0.4 is 10.2 Å². The van der Waals surface area contributed by atoms with Crippen LogP contribution in [0.4, 0.5) is 11.6 Å². The van der Waals surface area contributed by atoms with Gasteiger partial charge >= 0.3 is 0 Å². The van der Waals surface area contributed by atoms with E-state index in [0.717, 1.165) is 24.5 Å². The first kappa shape index (κ1) is 17.8. The number of anilines is 2. The fraction of sp³-hybridized carbons (Fsp3) is 0.250. The summed E-state index contributed by atoms with van der Waals surface area (Å²) in [5, 5.41) is 11.4. The third kappa shape index (κ3) is 4.22. The molecule has 28 heavy (non-hydrogen) atoms. The SMILES string of the molecule is O=C(c1ccc(NCc2cccnc2)nn1)N1CCN(c2ccccn2)CC1. The number of pyridine rings is 2. The zero-order valence-corrected chi connectivity index (χ0v) is 15.4. The van der Waals surface area contributed by atoms with Crippen molar-refractivity contribution < 1.29 is 4.79 Å². The molecule has 3 aromatic heterocycles. The Labute approximate surface area is 163 Å². The first-order valence-electron chi connectivity index (χ1n) is 9.21. The van der Waals surface area contributed by atoms with Gasteiger partial charge in [0.1, 0.15) is 11.6 Å². The van der Waals surface area contributed by atoms with Gasteiger partial charge in [-0.25, -0.2) is 4.98 Å². The zero-order valence-electron chi connectivity index (χ0n) is 15.4. The van der Waals surface area contributed by atoms with Crippen molar-refractivity contribution in [1.82, 2.24) is 25.1 Å². The second-order valence-corrected chi connectivity index (χ2v) is 6.49. The summed E-state index contributed by atoms with van der Waals surface area (Å²) in [6.45, 7) is 3.38. The number of nitrogens with one attached hydrogen (secondary N) is 1. The zero-order chi connectivity index (χ0) is 19.2. The number of amides is 1. The molecule has 0 aliphatic carbocycles. The van der Waals surface area contributed by atoms with Crippen molar-refractivity contribution in [2.45, 2.75) is 6.54 Å². The van der Waals surface area contributed by atoms with Crippen LogP contribution >= 0.6 is 0 Å². The topological polar surface area (TPSA) is 87.1 Å². The van der Waals surface area contributed by atoms with Gasteiger partial charge in [-0.3, -0.25) is 9.78 Å². The van der Waals surface area contributed by atoms with E-state index in [0.29, 0.717) is 31.1 Å². The summed E-state index contributed by atoms with van der Waals surface area (Å²) in [5.74, 6) is 1.48. The van der Waals surface area contributed by atoms with Crippen LogP contribution in [0.5, 0.6) is 0 Å². The van der Waals surface area contributed by atoms with Crippen LogP contribution in [0.25, 0.3) is 0 Å². The minimum atomic E-state index is -0.0908. The minimum absolute atomic E-state index is 0.0908. The van der Waals surface area contributed by atoms with E-state index in [1.165, 1.54) is 0 Å². The van der Waals surface area contributed by atoms with Gasteiger partial charge in [0.05, 0.1) is 0 Å². The average Bonchev–Trinajstić information content (AvgIpc) is 2.79. The third-order valence-electron chi connectivity index (χ3n) is 4.62. The summed E-state index contributed by atoms with van der Waals surface area (Å²) in [6, 6.07) is 13.2. The highest BCUT2D eigenvalue weighted by molar-refractivity contribution is 5.92. The van der Waals surface area contributed by atoms with Crippen LogP contribution in [0.2, 0.25) is 0 Å². The van der Waals surface area contributed by atoms with E-state index < -0.39 is 0 Å². The van der Waals surface area contributed by atoms with Crippen molar-refractivity contribution in [1.29, 1.82) is 0 Å². The maximum atomic E-state index is 12.7. The number of piperazine rings is 1. The van der Waals surface area contributed by atoms with Gasteiger partial charge in [-0.05, 0) is 35.9 Å². The van der Waals surface area contributed by atoms with Gasteiger partial charge in [-0.2, -0.15) is 0 Å². The van der Waals surface area contributed by atoms with Crippen molar-refractivity contribution in [2.24, 2.45) is 0 Å². The molecular weight excluding hydrogens is 354 g/mol. The summed E-state index contributed by atoms with van der Waals surface area (Å²) < 4.78 is 0. The Morgan fingerprint density at radius 2 is 1.86 bits per heavy atom. The molecule has 0 aromatic carbocycles. The standard InChI is InChI=1S/C20H21N7O/c28-20(27-12-10-26(11-13-27)19-5-1-2-9-22-19)17-6-7-18(25-24-17)23-15-16-4-3-8-21-14-16/h1-9,14H,10-13,15H2,(H,23,25). The molecule has 1 amide bonds. The lowest BCUT2D eigenvalue weighted by Gasteiger charge is -2.35. The molecular formula is C20H21N7O. The monoisotopic (exact) mass is 375 g/mol. The normalized spacial score (nSPS) is 14.0. The molecule has 0 atom stereocenters. The molecule has 1 aliphatic rings. The molecule has 8 nitrogen and oxygen atoms in total. The lowest BCUT2D eigenvalue weighted by molar-refractivity contribution is 0.0739. The number of hydrogen-bond donors (Lipinski definition) is 1. The largest absolute Gasteiger partial charge is 0.364 e. The number of hydrogen-bond acceptors (Lipinski definition) is 7. The van der Waals surface area contributed by atoms with Gasteiger partial charge in [0, 0.05) is 51.3 Å². The fourth-order valence-corrected chi connectivity index (χ4v) is 3.08. The Morgan fingerprint density at radius 1 is 0.964 bits per heavy atom. The number of nitrogens with zero attached hydrogens (tertiary/aromatic N) is 6. The summed E-state index contributed by atoms with van der Waals surface area (Å²) >= 11 is 0. The van der Waals surface area contributed by atoms with E-state index >= 15 is 0 Å². The van der Waals surface area contributed by atoms with Gasteiger partial charge in [0.2, 0.25) is 0 Å². The lowest BCUT2D eigenvalue weighted by atomic mass is 10.2. The van der Waals surface area contributed by atoms with E-state index in [4.69, 9.17) is 0 Å². The van der Waals surface area contributed by atoms with Crippen molar-refractivity contribution in [3.05, 3.63) is 72.3 Å². The van der Waals surface area contributed by atoms with Crippen LogP contribution in [-0.2, 0) is 6.54 Å². The minimum Gasteiger partial charge on any atom is -0.364 e. The molecule has 1 saturated heterocycles. The van der Waals surface area contributed by atoms with Crippen molar-refractivity contribution in [3.63, 3.8) is 0 Å². The van der Waals surface area contributed by atoms with Gasteiger partial charge in [-0.1, -0.05) is 12.1 Å². The van der Waals surface area contributed by atoms with Crippen molar-refractivity contribution >= 4 is 17.5 Å². The number of rotatable bonds is 5. The molecule has 0 radical (unpaired) electrons. The Bertz CT molecular complexity index is 895. The quantitative estimate of drug-likeness (QED) is 0.728. The van der Waals surface area contributed by atoms with Crippen molar-refractivity contribution in [2.75, 3.05) is 36.4 Å². The predicted molar refractivity (Wildman–Crippen MR) is 106 cm³/mol. The molecule has 0 bridgehead atoms. The van der Waals surface area contributed by atoms with E-state index in [9.17, 15) is 4.79 Å². The molecule has 8 heteroatoms. The Morgan fingerprint density at radius 3 is 2.54 bits per heavy atom. The second kappa shape index (κ2) is 8.43. The number of carbonyl (C=O) groups is 1. The molecule has 4 rings (SSSR count). The lowest BCUT2D eigenvalue weighted by Crippen LogP contribution is -2.49. The Hall–Kier alpha value is -3.55. The van der Waals surface area contributed by atoms with E-state index in [1.807, 2.05) is 35.2 Å². The highest BCUT2D eigenvalue weighted by atomic mass is 16.2.